The van der Waals surface area contributed by atoms with Crippen molar-refractivity contribution in [1.82, 2.24) is 9.47 Å². The Hall–Kier alpha value is -2.34. The van der Waals surface area contributed by atoms with Gasteiger partial charge >= 0.3 is 5.97 Å². The lowest BCUT2D eigenvalue weighted by Crippen LogP contribution is -2.30. The molecule has 0 saturated carbocycles. The molecular weight excluding hydrogens is 324 g/mol. The van der Waals surface area contributed by atoms with Gasteiger partial charge in [-0.25, -0.2) is 4.79 Å². The zero-order valence-corrected chi connectivity index (χ0v) is 14.6. The number of esters is 1. The molecule has 2 aromatic heterocycles. The minimum Gasteiger partial charge on any atom is -0.466 e. The van der Waals surface area contributed by atoms with Crippen LogP contribution in [0, 0.1) is 0 Å². The summed E-state index contributed by atoms with van der Waals surface area (Å²) in [6, 6.07) is 7.74. The topological polar surface area (TPSA) is 51.5 Å². The number of carbonyl (C=O) groups is 2. The van der Waals surface area contributed by atoms with Gasteiger partial charge in [0.2, 0.25) is 0 Å². The fourth-order valence-corrected chi connectivity index (χ4v) is 3.98. The Kier molecular flexibility index (Phi) is 4.85. The summed E-state index contributed by atoms with van der Waals surface area (Å²) in [6.07, 6.45) is 2.78. The van der Waals surface area contributed by atoms with Crippen LogP contribution in [0.2, 0.25) is 0 Å². The quantitative estimate of drug-likeness (QED) is 0.632. The van der Waals surface area contributed by atoms with E-state index in [1.54, 1.807) is 11.3 Å². The maximum Gasteiger partial charge on any atom is 0.336 e. The monoisotopic (exact) mass is 344 g/mol. The lowest BCUT2D eigenvalue weighted by atomic mass is 9.93. The average Bonchev–Trinajstić information content (AvgIpc) is 3.24. The summed E-state index contributed by atoms with van der Waals surface area (Å²) in [5.41, 5.74) is 2.18. The van der Waals surface area contributed by atoms with Crippen LogP contribution in [0.1, 0.15) is 33.9 Å². The van der Waals surface area contributed by atoms with Gasteiger partial charge in [0.15, 0.2) is 6.29 Å². The number of ether oxygens (including phenoxy) is 1. The van der Waals surface area contributed by atoms with Gasteiger partial charge in [-0.15, -0.1) is 11.3 Å². The molecule has 2 aromatic rings. The third-order valence-electron chi connectivity index (χ3n) is 4.36. The van der Waals surface area contributed by atoms with Crippen LogP contribution in [0.5, 0.6) is 0 Å². The molecule has 1 atom stereocenters. The normalized spacial score (nSPS) is 19.7. The van der Waals surface area contributed by atoms with Crippen molar-refractivity contribution in [2.75, 3.05) is 20.2 Å². The van der Waals surface area contributed by atoms with Crippen LogP contribution >= 0.6 is 11.3 Å². The van der Waals surface area contributed by atoms with Crippen LogP contribution in [-0.4, -0.2) is 41.9 Å². The largest absolute Gasteiger partial charge is 0.466 e. The first-order chi connectivity index (χ1) is 11.7. The van der Waals surface area contributed by atoms with Crippen LogP contribution in [0.3, 0.4) is 0 Å². The molecule has 0 aliphatic carbocycles. The van der Waals surface area contributed by atoms with Crippen LogP contribution in [0.4, 0.5) is 0 Å². The van der Waals surface area contributed by atoms with Gasteiger partial charge in [-0.2, -0.15) is 0 Å². The van der Waals surface area contributed by atoms with Crippen molar-refractivity contribution in [1.29, 1.82) is 0 Å². The maximum atomic E-state index is 12.5. The highest BCUT2D eigenvalue weighted by Gasteiger charge is 2.31. The Bertz CT molecular complexity index is 761. The molecule has 1 unspecified atom stereocenters. The van der Waals surface area contributed by atoms with Gasteiger partial charge in [0.1, 0.15) is 0 Å². The Morgan fingerprint density at radius 2 is 2.21 bits per heavy atom. The van der Waals surface area contributed by atoms with Crippen LogP contribution in [0.15, 0.2) is 41.4 Å². The Balaban J connectivity index is 2.22. The zero-order valence-electron chi connectivity index (χ0n) is 13.8. The summed E-state index contributed by atoms with van der Waals surface area (Å²) in [5.74, 6) is -0.574. The second-order valence-corrected chi connectivity index (χ2v) is 6.58. The van der Waals surface area contributed by atoms with E-state index in [9.17, 15) is 9.59 Å². The number of hydrogen-bond donors (Lipinski definition) is 0. The van der Waals surface area contributed by atoms with Crippen LogP contribution in [0.25, 0.3) is 0 Å². The highest BCUT2D eigenvalue weighted by Crippen LogP contribution is 2.37. The number of aldehydes is 1. The van der Waals surface area contributed by atoms with Gasteiger partial charge in [-0.05, 0) is 30.5 Å². The van der Waals surface area contributed by atoms with Gasteiger partial charge in [0.25, 0.3) is 0 Å². The van der Waals surface area contributed by atoms with Crippen LogP contribution in [-0.2, 0) is 16.1 Å². The third-order valence-corrected chi connectivity index (χ3v) is 5.30. The number of aromatic nitrogens is 1. The first-order valence-electron chi connectivity index (χ1n) is 7.91. The van der Waals surface area contributed by atoms with E-state index in [1.807, 2.05) is 47.3 Å². The Morgan fingerprint density at radius 1 is 1.38 bits per heavy atom. The van der Waals surface area contributed by atoms with E-state index in [0.29, 0.717) is 17.8 Å². The van der Waals surface area contributed by atoms with Crippen molar-refractivity contribution >= 4 is 23.6 Å². The van der Waals surface area contributed by atoms with Gasteiger partial charge in [-0.1, -0.05) is 6.07 Å². The molecule has 1 aliphatic rings. The highest BCUT2D eigenvalue weighted by atomic mass is 32.1. The molecule has 0 amide bonds. The summed E-state index contributed by atoms with van der Waals surface area (Å²) >= 11 is 1.60. The number of carbonyl (C=O) groups excluding carboxylic acids is 2. The van der Waals surface area contributed by atoms with Gasteiger partial charge in [0.05, 0.1) is 24.3 Å². The molecule has 24 heavy (non-hydrogen) atoms. The van der Waals surface area contributed by atoms with E-state index in [1.165, 1.54) is 7.11 Å². The standard InChI is InChI=1S/C18H20N2O3S/c1-3-19-8-9-20-13(12-21)6-7-15(20)17(16-5-4-10-24-16)14(11-19)18(22)23-2/h4-7,10-12,17H,3,8-9H2,1-2H3/b14-11+. The van der Waals surface area contributed by atoms with E-state index in [4.69, 9.17) is 4.74 Å². The number of thiophene rings is 1. The van der Waals surface area contributed by atoms with E-state index in [-0.39, 0.29) is 11.9 Å². The summed E-state index contributed by atoms with van der Waals surface area (Å²) < 4.78 is 7.06. The summed E-state index contributed by atoms with van der Waals surface area (Å²) in [6.45, 7) is 4.27. The minimum atomic E-state index is -0.339. The second kappa shape index (κ2) is 7.05. The number of likely N-dealkylation sites (N-methyl/N-ethyl adjacent to an activating group) is 1. The Labute approximate surface area is 145 Å². The fraction of sp³-hybridized carbons (Fsp3) is 0.333. The molecule has 0 saturated heterocycles. The molecule has 3 heterocycles. The number of fused-ring (bicyclic) bond motifs is 1. The lowest BCUT2D eigenvalue weighted by Gasteiger charge is -2.29. The van der Waals surface area contributed by atoms with Gasteiger partial charge < -0.3 is 14.2 Å². The van der Waals surface area contributed by atoms with Gasteiger partial charge in [0, 0.05) is 36.4 Å². The molecule has 5 nitrogen and oxygen atoms in total. The fourth-order valence-electron chi connectivity index (χ4n) is 3.13. The van der Waals surface area contributed by atoms with E-state index in [0.717, 1.165) is 29.9 Å². The van der Waals surface area contributed by atoms with E-state index >= 15 is 0 Å². The predicted molar refractivity (Wildman–Crippen MR) is 93.3 cm³/mol. The number of nitrogens with zero attached hydrogens (tertiary/aromatic N) is 2. The summed E-state index contributed by atoms with van der Waals surface area (Å²) in [5, 5.41) is 1.99. The SMILES string of the molecule is CCN1/C=C(/C(=O)OC)C(c2cccs2)c2ccc(C=O)n2CC1. The molecule has 0 fully saturated rings. The van der Waals surface area contributed by atoms with E-state index < -0.39 is 0 Å². The van der Waals surface area contributed by atoms with Crippen LogP contribution < -0.4 is 0 Å². The number of methoxy groups -OCH3 is 1. The van der Waals surface area contributed by atoms with Crippen molar-refractivity contribution in [2.24, 2.45) is 0 Å². The van der Waals surface area contributed by atoms with Crippen molar-refractivity contribution in [3.05, 3.63) is 57.7 Å². The molecule has 6 heteroatoms. The highest BCUT2D eigenvalue weighted by molar-refractivity contribution is 7.10. The summed E-state index contributed by atoms with van der Waals surface area (Å²) in [4.78, 5) is 27.1. The number of hydrogen-bond acceptors (Lipinski definition) is 5. The molecular formula is C18H20N2O3S. The summed E-state index contributed by atoms with van der Waals surface area (Å²) in [7, 11) is 1.40. The number of rotatable bonds is 4. The first-order valence-corrected chi connectivity index (χ1v) is 8.79. The molecule has 0 radical (unpaired) electrons. The van der Waals surface area contributed by atoms with Crippen molar-refractivity contribution in [2.45, 2.75) is 19.4 Å². The smallest absolute Gasteiger partial charge is 0.336 e. The van der Waals surface area contributed by atoms with E-state index in [2.05, 4.69) is 4.90 Å². The molecule has 1 aliphatic heterocycles. The second-order valence-electron chi connectivity index (χ2n) is 5.61. The first kappa shape index (κ1) is 16.5. The average molecular weight is 344 g/mol. The van der Waals surface area contributed by atoms with Gasteiger partial charge in [-0.3, -0.25) is 4.79 Å². The third kappa shape index (κ3) is 2.89. The van der Waals surface area contributed by atoms with Crippen molar-refractivity contribution in [3.63, 3.8) is 0 Å². The lowest BCUT2D eigenvalue weighted by molar-refractivity contribution is -0.136. The maximum absolute atomic E-state index is 12.5. The minimum absolute atomic E-state index is 0.236. The molecule has 0 spiro atoms. The molecule has 126 valence electrons. The van der Waals surface area contributed by atoms with Crippen molar-refractivity contribution < 1.29 is 14.3 Å². The molecule has 0 aromatic carbocycles. The predicted octanol–water partition coefficient (Wildman–Crippen LogP) is 2.89. The molecule has 3 rings (SSSR count). The molecule has 0 N–H and O–H groups in total. The van der Waals surface area contributed by atoms with Crippen molar-refractivity contribution in [3.8, 4) is 0 Å². The zero-order chi connectivity index (χ0) is 17.1. The Morgan fingerprint density at radius 3 is 2.83 bits per heavy atom. The molecule has 0 bridgehead atoms.